The normalized spacial score (nSPS) is 12.3. The van der Waals surface area contributed by atoms with Gasteiger partial charge in [-0.2, -0.15) is 0 Å². The molecule has 0 heterocycles. The SMILES string of the molecule is CC(C)N.CCC(C)N. The molecule has 0 spiro atoms. The molecule has 0 bridgehead atoms. The van der Waals surface area contributed by atoms with Gasteiger partial charge >= 0.3 is 0 Å². The second-order valence-electron chi connectivity index (χ2n) is 2.63. The highest BCUT2D eigenvalue weighted by Gasteiger charge is 1.79. The Balaban J connectivity index is 0. The minimum Gasteiger partial charge on any atom is -0.328 e. The van der Waals surface area contributed by atoms with Crippen molar-refractivity contribution in [2.75, 3.05) is 0 Å². The summed E-state index contributed by atoms with van der Waals surface area (Å²) < 4.78 is 0. The first-order chi connectivity index (χ1) is 4.00. The molecule has 0 rings (SSSR count). The Bertz CT molecular complexity index is 39.4. The Morgan fingerprint density at radius 2 is 1.22 bits per heavy atom. The second kappa shape index (κ2) is 7.92. The lowest BCUT2D eigenvalue weighted by Gasteiger charge is -1.91. The van der Waals surface area contributed by atoms with Crippen molar-refractivity contribution >= 4 is 0 Å². The van der Waals surface area contributed by atoms with E-state index in [0.29, 0.717) is 12.1 Å². The average molecular weight is 132 g/mol. The highest BCUT2D eigenvalue weighted by atomic mass is 14.6. The summed E-state index contributed by atoms with van der Waals surface area (Å²) in [6, 6.07) is 0.718. The van der Waals surface area contributed by atoms with Crippen LogP contribution in [0, 0.1) is 0 Å². The summed E-state index contributed by atoms with van der Waals surface area (Å²) in [5.41, 5.74) is 10.4. The summed E-state index contributed by atoms with van der Waals surface area (Å²) >= 11 is 0. The molecular weight excluding hydrogens is 112 g/mol. The summed E-state index contributed by atoms with van der Waals surface area (Å²) in [6.45, 7) is 7.96. The van der Waals surface area contributed by atoms with Gasteiger partial charge in [0.15, 0.2) is 0 Å². The van der Waals surface area contributed by atoms with Gasteiger partial charge in [0.1, 0.15) is 0 Å². The van der Waals surface area contributed by atoms with Crippen molar-refractivity contribution in [3.05, 3.63) is 0 Å². The van der Waals surface area contributed by atoms with Crippen molar-refractivity contribution in [1.82, 2.24) is 0 Å². The van der Waals surface area contributed by atoms with Gasteiger partial charge in [0.2, 0.25) is 0 Å². The molecule has 2 nitrogen and oxygen atoms in total. The molecule has 1 unspecified atom stereocenters. The van der Waals surface area contributed by atoms with Gasteiger partial charge in [0.25, 0.3) is 0 Å². The molecule has 58 valence electrons. The van der Waals surface area contributed by atoms with E-state index in [0.717, 1.165) is 6.42 Å². The summed E-state index contributed by atoms with van der Waals surface area (Å²) in [4.78, 5) is 0. The van der Waals surface area contributed by atoms with Gasteiger partial charge in [-0.1, -0.05) is 20.8 Å². The molecule has 0 aromatic heterocycles. The number of rotatable bonds is 1. The molecule has 0 amide bonds. The maximum absolute atomic E-state index is 5.29. The minimum atomic E-state index is 0.333. The van der Waals surface area contributed by atoms with E-state index in [1.807, 2.05) is 20.8 Å². The van der Waals surface area contributed by atoms with Crippen LogP contribution < -0.4 is 11.5 Å². The first-order valence-corrected chi connectivity index (χ1v) is 3.51. The zero-order valence-electron chi connectivity index (χ0n) is 7.02. The third kappa shape index (κ3) is 75.3. The maximum atomic E-state index is 5.29. The Morgan fingerprint density at radius 3 is 1.22 bits per heavy atom. The predicted octanol–water partition coefficient (Wildman–Crippen LogP) is 1.10. The number of nitrogens with two attached hydrogens (primary N) is 2. The third-order valence-electron chi connectivity index (χ3n) is 0.644. The lowest BCUT2D eigenvalue weighted by atomic mass is 10.3. The molecule has 2 heteroatoms. The summed E-state index contributed by atoms with van der Waals surface area (Å²) in [6.07, 6.45) is 1.08. The van der Waals surface area contributed by atoms with E-state index in [4.69, 9.17) is 11.5 Å². The van der Waals surface area contributed by atoms with Crippen LogP contribution in [0.2, 0.25) is 0 Å². The molecule has 0 aromatic carbocycles. The van der Waals surface area contributed by atoms with E-state index < -0.39 is 0 Å². The topological polar surface area (TPSA) is 52.0 Å². The molecule has 1 atom stereocenters. The molecule has 4 N–H and O–H groups in total. The Morgan fingerprint density at radius 1 is 1.11 bits per heavy atom. The molecule has 9 heavy (non-hydrogen) atoms. The van der Waals surface area contributed by atoms with Gasteiger partial charge in [-0.15, -0.1) is 0 Å². The van der Waals surface area contributed by atoms with Gasteiger partial charge in [-0.25, -0.2) is 0 Å². The summed E-state index contributed by atoms with van der Waals surface area (Å²) in [5.74, 6) is 0. The van der Waals surface area contributed by atoms with Crippen LogP contribution in [0.3, 0.4) is 0 Å². The van der Waals surface area contributed by atoms with E-state index in [-0.39, 0.29) is 0 Å². The van der Waals surface area contributed by atoms with Gasteiger partial charge in [0.05, 0.1) is 0 Å². The van der Waals surface area contributed by atoms with Gasteiger partial charge in [0, 0.05) is 6.04 Å². The molecule has 0 radical (unpaired) electrons. The van der Waals surface area contributed by atoms with E-state index in [1.165, 1.54) is 0 Å². The smallest absolute Gasteiger partial charge is 0.000781 e. The van der Waals surface area contributed by atoms with Crippen LogP contribution in [0.15, 0.2) is 0 Å². The average Bonchev–Trinajstić information content (AvgIpc) is 1.65. The molecule has 0 saturated heterocycles. The fourth-order valence-corrected chi connectivity index (χ4v) is 0. The fourth-order valence-electron chi connectivity index (χ4n) is 0. The Labute approximate surface area is 58.6 Å². The van der Waals surface area contributed by atoms with Crippen molar-refractivity contribution in [3.8, 4) is 0 Å². The predicted molar refractivity (Wildman–Crippen MR) is 43.3 cm³/mol. The summed E-state index contributed by atoms with van der Waals surface area (Å²) in [5, 5.41) is 0. The molecular formula is C7H20N2. The van der Waals surface area contributed by atoms with Crippen molar-refractivity contribution in [3.63, 3.8) is 0 Å². The monoisotopic (exact) mass is 132 g/mol. The minimum absolute atomic E-state index is 0.333. The van der Waals surface area contributed by atoms with Crippen LogP contribution in [0.25, 0.3) is 0 Å². The lowest BCUT2D eigenvalue weighted by Crippen LogP contribution is -2.11. The first kappa shape index (κ1) is 11.7. The van der Waals surface area contributed by atoms with Crippen LogP contribution in [0.1, 0.15) is 34.1 Å². The lowest BCUT2D eigenvalue weighted by molar-refractivity contribution is 0.715. The quantitative estimate of drug-likeness (QED) is 0.561. The van der Waals surface area contributed by atoms with E-state index in [2.05, 4.69) is 6.92 Å². The molecule has 0 aliphatic heterocycles. The molecule has 0 fully saturated rings. The standard InChI is InChI=1S/C4H11N.C3H9N/c1-3-4(2)5;1-3(2)4/h4H,3,5H2,1-2H3;3H,4H2,1-2H3. The van der Waals surface area contributed by atoms with Crippen LogP contribution in [-0.4, -0.2) is 12.1 Å². The number of hydrogen-bond donors (Lipinski definition) is 2. The summed E-state index contributed by atoms with van der Waals surface area (Å²) in [7, 11) is 0. The van der Waals surface area contributed by atoms with Crippen molar-refractivity contribution in [2.45, 2.75) is 46.2 Å². The van der Waals surface area contributed by atoms with Gasteiger partial charge < -0.3 is 11.5 Å². The van der Waals surface area contributed by atoms with Crippen molar-refractivity contribution in [1.29, 1.82) is 0 Å². The Hall–Kier alpha value is -0.0800. The number of hydrogen-bond acceptors (Lipinski definition) is 2. The molecule has 0 saturated carbocycles. The zero-order valence-corrected chi connectivity index (χ0v) is 7.02. The highest BCUT2D eigenvalue weighted by molar-refractivity contribution is 4.43. The Kier molecular flexibility index (Phi) is 10.3. The van der Waals surface area contributed by atoms with E-state index in [1.54, 1.807) is 0 Å². The molecule has 0 aliphatic rings. The second-order valence-corrected chi connectivity index (χ2v) is 2.63. The zero-order chi connectivity index (χ0) is 7.86. The van der Waals surface area contributed by atoms with Gasteiger partial charge in [-0.05, 0) is 19.4 Å². The van der Waals surface area contributed by atoms with Gasteiger partial charge in [-0.3, -0.25) is 0 Å². The van der Waals surface area contributed by atoms with E-state index >= 15 is 0 Å². The van der Waals surface area contributed by atoms with Crippen LogP contribution >= 0.6 is 0 Å². The van der Waals surface area contributed by atoms with Crippen LogP contribution in [0.4, 0.5) is 0 Å². The highest BCUT2D eigenvalue weighted by Crippen LogP contribution is 1.77. The largest absolute Gasteiger partial charge is 0.328 e. The van der Waals surface area contributed by atoms with Crippen molar-refractivity contribution in [2.24, 2.45) is 11.5 Å². The first-order valence-electron chi connectivity index (χ1n) is 3.51. The maximum Gasteiger partial charge on any atom is 0.000781 e. The molecule has 0 aromatic rings. The van der Waals surface area contributed by atoms with E-state index in [9.17, 15) is 0 Å². The fraction of sp³-hybridized carbons (Fsp3) is 1.00. The van der Waals surface area contributed by atoms with Crippen molar-refractivity contribution < 1.29 is 0 Å². The third-order valence-corrected chi connectivity index (χ3v) is 0.644. The van der Waals surface area contributed by atoms with Crippen LogP contribution in [0.5, 0.6) is 0 Å². The molecule has 0 aliphatic carbocycles. The van der Waals surface area contributed by atoms with Crippen LogP contribution in [-0.2, 0) is 0 Å².